The zero-order chi connectivity index (χ0) is 22.6. The lowest BCUT2D eigenvalue weighted by molar-refractivity contribution is -0.274. The molecule has 1 fully saturated rings. The number of likely N-dealkylation sites (N-methyl/N-ethyl adjacent to an activating group) is 1. The van der Waals surface area contributed by atoms with Crippen LogP contribution in [-0.4, -0.2) is 62.6 Å². The highest BCUT2D eigenvalue weighted by atomic mass is 32.2. The summed E-state index contributed by atoms with van der Waals surface area (Å²) >= 11 is 0. The molecule has 0 spiro atoms. The number of nitrogens with zero attached hydrogens (tertiary/aromatic N) is 2. The number of halogens is 3. The van der Waals surface area contributed by atoms with E-state index in [0.29, 0.717) is 31.9 Å². The number of hydrogen-bond donors (Lipinski definition) is 1. The molecular formula is C20H22F3N3O4S. The Hall–Kier alpha value is -2.63. The van der Waals surface area contributed by atoms with E-state index in [0.717, 1.165) is 18.7 Å². The number of carbonyl (C=O) groups excluding carboxylic acids is 1. The number of benzene rings is 2. The van der Waals surface area contributed by atoms with Crippen molar-refractivity contribution in [1.29, 1.82) is 0 Å². The number of amides is 1. The number of piperazine rings is 1. The average molecular weight is 457 g/mol. The highest BCUT2D eigenvalue weighted by molar-refractivity contribution is 7.89. The summed E-state index contributed by atoms with van der Waals surface area (Å²) in [5.41, 5.74) is 0.482. The molecule has 0 aliphatic carbocycles. The van der Waals surface area contributed by atoms with Gasteiger partial charge in [-0.05, 0) is 55.1 Å². The predicted octanol–water partition coefficient (Wildman–Crippen LogP) is 3.16. The lowest BCUT2D eigenvalue weighted by Gasteiger charge is -2.33. The predicted molar refractivity (Wildman–Crippen MR) is 108 cm³/mol. The van der Waals surface area contributed by atoms with Crippen molar-refractivity contribution < 1.29 is 31.1 Å². The molecule has 1 saturated heterocycles. The lowest BCUT2D eigenvalue weighted by atomic mass is 10.2. The van der Waals surface area contributed by atoms with Crippen molar-refractivity contribution in [3.63, 3.8) is 0 Å². The first-order valence-corrected chi connectivity index (χ1v) is 11.0. The zero-order valence-corrected chi connectivity index (χ0v) is 17.5. The number of sulfonamides is 1. The van der Waals surface area contributed by atoms with Crippen LogP contribution in [0.1, 0.15) is 17.3 Å². The fourth-order valence-corrected chi connectivity index (χ4v) is 4.58. The highest BCUT2D eigenvalue weighted by Crippen LogP contribution is 2.24. The molecule has 2 aromatic rings. The fraction of sp³-hybridized carbons (Fsp3) is 0.350. The summed E-state index contributed by atoms with van der Waals surface area (Å²) in [6.45, 7) is 5.10. The molecule has 0 saturated carbocycles. The van der Waals surface area contributed by atoms with Gasteiger partial charge in [0, 0.05) is 37.4 Å². The van der Waals surface area contributed by atoms with Crippen molar-refractivity contribution in [3.05, 3.63) is 54.1 Å². The van der Waals surface area contributed by atoms with Crippen molar-refractivity contribution in [2.45, 2.75) is 18.2 Å². The average Bonchev–Trinajstić information content (AvgIpc) is 2.73. The summed E-state index contributed by atoms with van der Waals surface area (Å²) in [5, 5.41) is 2.58. The molecule has 11 heteroatoms. The molecule has 1 aliphatic rings. The molecule has 0 aromatic heterocycles. The Balaban J connectivity index is 1.63. The number of rotatable bonds is 6. The van der Waals surface area contributed by atoms with Gasteiger partial charge in [0.05, 0.1) is 4.90 Å². The molecule has 0 atom stereocenters. The third-order valence-electron chi connectivity index (χ3n) is 4.88. The van der Waals surface area contributed by atoms with E-state index in [1.165, 1.54) is 40.7 Å². The van der Waals surface area contributed by atoms with Crippen LogP contribution < -0.4 is 10.1 Å². The van der Waals surface area contributed by atoms with Gasteiger partial charge in [-0.1, -0.05) is 6.92 Å². The molecular weight excluding hydrogens is 435 g/mol. The van der Waals surface area contributed by atoms with E-state index < -0.39 is 28.0 Å². The van der Waals surface area contributed by atoms with Gasteiger partial charge in [-0.25, -0.2) is 8.42 Å². The van der Waals surface area contributed by atoms with Crippen molar-refractivity contribution in [2.24, 2.45) is 0 Å². The zero-order valence-electron chi connectivity index (χ0n) is 16.7. The summed E-state index contributed by atoms with van der Waals surface area (Å²) in [7, 11) is -3.62. The third-order valence-corrected chi connectivity index (χ3v) is 6.79. The molecule has 7 nitrogen and oxygen atoms in total. The van der Waals surface area contributed by atoms with Gasteiger partial charge < -0.3 is 15.0 Å². The van der Waals surface area contributed by atoms with Crippen LogP contribution in [0.5, 0.6) is 5.75 Å². The Bertz CT molecular complexity index is 1000. The molecule has 168 valence electrons. The standard InChI is InChI=1S/C20H22F3N3O4S/c1-2-25-11-13-26(14-12-25)31(28,29)18-9-5-16(6-10-18)24-19(27)15-3-7-17(8-4-15)30-20(21,22)23/h3-10H,2,11-14H2,1H3,(H,24,27). The summed E-state index contributed by atoms with van der Waals surface area (Å²) in [4.78, 5) is 14.6. The number of hydrogen-bond acceptors (Lipinski definition) is 5. The number of ether oxygens (including phenoxy) is 1. The second-order valence-electron chi connectivity index (χ2n) is 6.89. The Morgan fingerprint density at radius 3 is 2.10 bits per heavy atom. The maximum absolute atomic E-state index is 12.8. The summed E-state index contributed by atoms with van der Waals surface area (Å²) in [6, 6.07) is 10.2. The fourth-order valence-electron chi connectivity index (χ4n) is 3.16. The number of nitrogens with one attached hydrogen (secondary N) is 1. The van der Waals surface area contributed by atoms with Crippen LogP contribution in [0.3, 0.4) is 0 Å². The van der Waals surface area contributed by atoms with E-state index in [1.807, 2.05) is 6.92 Å². The molecule has 3 rings (SSSR count). The van der Waals surface area contributed by atoms with E-state index in [9.17, 15) is 26.4 Å². The molecule has 1 heterocycles. The van der Waals surface area contributed by atoms with Crippen molar-refractivity contribution in [1.82, 2.24) is 9.21 Å². The summed E-state index contributed by atoms with van der Waals surface area (Å²) in [5.74, 6) is -0.983. The van der Waals surface area contributed by atoms with Crippen molar-refractivity contribution in [3.8, 4) is 5.75 Å². The summed E-state index contributed by atoms with van der Waals surface area (Å²) in [6.07, 6.45) is -4.81. The van der Waals surface area contributed by atoms with E-state index in [-0.39, 0.29) is 10.5 Å². The quantitative estimate of drug-likeness (QED) is 0.721. The SMILES string of the molecule is CCN1CCN(S(=O)(=O)c2ccc(NC(=O)c3ccc(OC(F)(F)F)cc3)cc2)CC1. The molecule has 0 bridgehead atoms. The van der Waals surface area contributed by atoms with Crippen LogP contribution in [0.15, 0.2) is 53.4 Å². The van der Waals surface area contributed by atoms with Crippen LogP contribution in [0.4, 0.5) is 18.9 Å². The second kappa shape index (κ2) is 9.25. The molecule has 1 amide bonds. The van der Waals surface area contributed by atoms with Crippen molar-refractivity contribution >= 4 is 21.6 Å². The smallest absolute Gasteiger partial charge is 0.406 e. The molecule has 1 aliphatic heterocycles. The van der Waals surface area contributed by atoms with Crippen LogP contribution >= 0.6 is 0 Å². The number of anilines is 1. The van der Waals surface area contributed by atoms with E-state index >= 15 is 0 Å². The molecule has 1 N–H and O–H groups in total. The first kappa shape index (κ1) is 23.0. The van der Waals surface area contributed by atoms with Gasteiger partial charge in [-0.3, -0.25) is 4.79 Å². The Kier molecular flexibility index (Phi) is 6.87. The van der Waals surface area contributed by atoms with Crippen LogP contribution in [0.2, 0.25) is 0 Å². The Labute approximate surface area is 178 Å². The summed E-state index contributed by atoms with van der Waals surface area (Å²) < 4.78 is 67.4. The first-order chi connectivity index (χ1) is 14.6. The number of alkyl halides is 3. The van der Waals surface area contributed by atoms with Gasteiger partial charge >= 0.3 is 6.36 Å². The highest BCUT2D eigenvalue weighted by Gasteiger charge is 2.31. The minimum atomic E-state index is -4.81. The minimum absolute atomic E-state index is 0.125. The topological polar surface area (TPSA) is 79.0 Å². The Morgan fingerprint density at radius 1 is 1.00 bits per heavy atom. The normalized spacial score (nSPS) is 16.1. The van der Waals surface area contributed by atoms with Gasteiger partial charge in [0.1, 0.15) is 5.75 Å². The maximum atomic E-state index is 12.8. The van der Waals surface area contributed by atoms with E-state index in [2.05, 4.69) is 15.0 Å². The van der Waals surface area contributed by atoms with Gasteiger partial charge in [0.2, 0.25) is 10.0 Å². The van der Waals surface area contributed by atoms with Crippen molar-refractivity contribution in [2.75, 3.05) is 38.0 Å². The largest absolute Gasteiger partial charge is 0.573 e. The monoisotopic (exact) mass is 457 g/mol. The van der Waals surface area contributed by atoms with Gasteiger partial charge in [0.15, 0.2) is 0 Å². The second-order valence-corrected chi connectivity index (χ2v) is 8.83. The molecule has 31 heavy (non-hydrogen) atoms. The molecule has 2 aromatic carbocycles. The van der Waals surface area contributed by atoms with Gasteiger partial charge in [-0.2, -0.15) is 4.31 Å². The molecule has 0 unspecified atom stereocenters. The van der Waals surface area contributed by atoms with Gasteiger partial charge in [0.25, 0.3) is 5.91 Å². The third kappa shape index (κ3) is 5.96. The van der Waals surface area contributed by atoms with Gasteiger partial charge in [-0.15, -0.1) is 13.2 Å². The van der Waals surface area contributed by atoms with Crippen LogP contribution in [0, 0.1) is 0 Å². The van der Waals surface area contributed by atoms with E-state index in [1.54, 1.807) is 0 Å². The van der Waals surface area contributed by atoms with Crippen LogP contribution in [-0.2, 0) is 10.0 Å². The number of carbonyl (C=O) groups is 1. The minimum Gasteiger partial charge on any atom is -0.406 e. The van der Waals surface area contributed by atoms with E-state index in [4.69, 9.17) is 0 Å². The molecule has 0 radical (unpaired) electrons. The first-order valence-electron chi connectivity index (χ1n) is 9.58. The van der Waals surface area contributed by atoms with Crippen LogP contribution in [0.25, 0.3) is 0 Å². The lowest BCUT2D eigenvalue weighted by Crippen LogP contribution is -2.48. The Morgan fingerprint density at radius 2 is 1.58 bits per heavy atom. The maximum Gasteiger partial charge on any atom is 0.573 e.